The molecule has 0 aliphatic heterocycles. The van der Waals surface area contributed by atoms with E-state index >= 15 is 0 Å². The van der Waals surface area contributed by atoms with Crippen LogP contribution in [0, 0.1) is 6.92 Å². The second kappa shape index (κ2) is 4.85. The summed E-state index contributed by atoms with van der Waals surface area (Å²) < 4.78 is 5.15. The molecule has 5 heteroatoms. The van der Waals surface area contributed by atoms with Crippen molar-refractivity contribution in [2.75, 3.05) is 6.54 Å². The average Bonchev–Trinajstić information content (AvgIpc) is 2.76. The molecule has 0 aromatic carbocycles. The zero-order chi connectivity index (χ0) is 11.4. The summed E-state index contributed by atoms with van der Waals surface area (Å²) in [5.74, 6) is 1.18. The molecule has 0 aliphatic carbocycles. The van der Waals surface area contributed by atoms with Crippen LogP contribution in [0.5, 0.6) is 0 Å². The van der Waals surface area contributed by atoms with Gasteiger partial charge in [0.05, 0.1) is 12.1 Å². The fourth-order valence-electron chi connectivity index (χ4n) is 1.27. The third-order valence-electron chi connectivity index (χ3n) is 2.16. The molecule has 16 heavy (non-hydrogen) atoms. The van der Waals surface area contributed by atoms with Crippen LogP contribution in [0.3, 0.4) is 0 Å². The summed E-state index contributed by atoms with van der Waals surface area (Å²) in [6.45, 7) is 5.48. The zero-order valence-corrected chi connectivity index (χ0v) is 9.40. The second-order valence-electron chi connectivity index (χ2n) is 3.48. The predicted molar refractivity (Wildman–Crippen MR) is 59.6 cm³/mol. The normalized spacial score (nSPS) is 10.6. The maximum Gasteiger partial charge on any atom is 0.259 e. The van der Waals surface area contributed by atoms with Crippen LogP contribution in [0.1, 0.15) is 18.4 Å². The highest BCUT2D eigenvalue weighted by Crippen LogP contribution is 2.15. The summed E-state index contributed by atoms with van der Waals surface area (Å²) in [6, 6.07) is 3.84. The quantitative estimate of drug-likeness (QED) is 0.843. The Hall–Kier alpha value is -1.75. The van der Waals surface area contributed by atoms with Crippen LogP contribution in [-0.2, 0) is 6.54 Å². The lowest BCUT2D eigenvalue weighted by Gasteiger charge is -1.94. The van der Waals surface area contributed by atoms with Gasteiger partial charge in [-0.1, -0.05) is 12.1 Å². The van der Waals surface area contributed by atoms with Crippen molar-refractivity contribution in [1.82, 2.24) is 20.4 Å². The van der Waals surface area contributed by atoms with Gasteiger partial charge in [-0.3, -0.25) is 4.98 Å². The van der Waals surface area contributed by atoms with Gasteiger partial charge in [0.1, 0.15) is 0 Å². The lowest BCUT2D eigenvalue weighted by molar-refractivity contribution is 0.419. The van der Waals surface area contributed by atoms with Gasteiger partial charge in [-0.15, -0.1) is 0 Å². The summed E-state index contributed by atoms with van der Waals surface area (Å²) in [5, 5.41) is 7.01. The minimum Gasteiger partial charge on any atom is -0.334 e. The predicted octanol–water partition coefficient (Wildman–Crippen LogP) is 1.55. The van der Waals surface area contributed by atoms with E-state index in [4.69, 9.17) is 4.52 Å². The second-order valence-corrected chi connectivity index (χ2v) is 3.48. The van der Waals surface area contributed by atoms with Crippen LogP contribution in [0.25, 0.3) is 11.5 Å². The van der Waals surface area contributed by atoms with Crippen molar-refractivity contribution in [2.45, 2.75) is 20.4 Å². The highest BCUT2D eigenvalue weighted by atomic mass is 16.5. The number of rotatable bonds is 4. The van der Waals surface area contributed by atoms with Crippen molar-refractivity contribution in [3.05, 3.63) is 29.8 Å². The third kappa shape index (κ3) is 2.43. The maximum atomic E-state index is 5.15. The van der Waals surface area contributed by atoms with Gasteiger partial charge in [-0.05, 0) is 25.6 Å². The molecule has 1 N–H and O–H groups in total. The molecular weight excluding hydrogens is 204 g/mol. The van der Waals surface area contributed by atoms with Crippen molar-refractivity contribution < 1.29 is 4.52 Å². The molecule has 2 aromatic rings. The Bertz CT molecular complexity index is 449. The van der Waals surface area contributed by atoms with Crippen molar-refractivity contribution in [2.24, 2.45) is 0 Å². The van der Waals surface area contributed by atoms with E-state index in [1.165, 1.54) is 0 Å². The highest BCUT2D eigenvalue weighted by molar-refractivity contribution is 5.50. The first-order valence-electron chi connectivity index (χ1n) is 5.26. The van der Waals surface area contributed by atoms with E-state index in [2.05, 4.69) is 20.4 Å². The Morgan fingerprint density at radius 3 is 2.94 bits per heavy atom. The Morgan fingerprint density at radius 2 is 2.25 bits per heavy atom. The smallest absolute Gasteiger partial charge is 0.259 e. The molecule has 2 heterocycles. The fourth-order valence-corrected chi connectivity index (χ4v) is 1.27. The average molecular weight is 218 g/mol. The highest BCUT2D eigenvalue weighted by Gasteiger charge is 2.08. The van der Waals surface area contributed by atoms with Gasteiger partial charge in [0.25, 0.3) is 5.89 Å². The molecule has 0 saturated carbocycles. The molecule has 2 aromatic heterocycles. The molecule has 0 saturated heterocycles. The van der Waals surface area contributed by atoms with Gasteiger partial charge in [0.2, 0.25) is 0 Å². The van der Waals surface area contributed by atoms with Crippen LogP contribution < -0.4 is 5.32 Å². The lowest BCUT2D eigenvalue weighted by Crippen LogP contribution is -2.12. The minimum absolute atomic E-state index is 0.514. The van der Waals surface area contributed by atoms with Crippen LogP contribution in [0.2, 0.25) is 0 Å². The third-order valence-corrected chi connectivity index (χ3v) is 2.16. The molecule has 0 spiro atoms. The van der Waals surface area contributed by atoms with Crippen LogP contribution in [0.4, 0.5) is 0 Å². The van der Waals surface area contributed by atoms with Crippen molar-refractivity contribution >= 4 is 0 Å². The van der Waals surface area contributed by atoms with E-state index in [1.807, 2.05) is 26.0 Å². The monoisotopic (exact) mass is 218 g/mol. The number of hydrogen-bond donors (Lipinski definition) is 1. The van der Waals surface area contributed by atoms with Gasteiger partial charge < -0.3 is 9.84 Å². The van der Waals surface area contributed by atoms with E-state index in [-0.39, 0.29) is 0 Å². The molecule has 0 atom stereocenters. The van der Waals surface area contributed by atoms with Gasteiger partial charge in [0, 0.05) is 11.9 Å². The zero-order valence-electron chi connectivity index (χ0n) is 9.40. The van der Waals surface area contributed by atoms with E-state index in [1.54, 1.807) is 6.20 Å². The topological polar surface area (TPSA) is 63.8 Å². The van der Waals surface area contributed by atoms with Gasteiger partial charge >= 0.3 is 0 Å². The number of aromatic nitrogens is 3. The number of pyridine rings is 1. The molecule has 0 aliphatic rings. The summed E-state index contributed by atoms with van der Waals surface area (Å²) in [5.41, 5.74) is 1.82. The molecule has 0 radical (unpaired) electrons. The molecule has 5 nitrogen and oxygen atoms in total. The Labute approximate surface area is 93.9 Å². The SMILES string of the molecule is CCNCc1noc(-c2ccc(C)nc2)n1. The van der Waals surface area contributed by atoms with Crippen molar-refractivity contribution in [3.63, 3.8) is 0 Å². The number of nitrogens with one attached hydrogen (secondary N) is 1. The standard InChI is InChI=1S/C11H14N4O/c1-3-12-7-10-14-11(16-15-10)9-5-4-8(2)13-6-9/h4-6,12H,3,7H2,1-2H3. The Morgan fingerprint density at radius 1 is 1.38 bits per heavy atom. The summed E-state index contributed by atoms with van der Waals surface area (Å²) in [4.78, 5) is 8.45. The van der Waals surface area contributed by atoms with Crippen molar-refractivity contribution in [1.29, 1.82) is 0 Å². The molecule has 0 unspecified atom stereocenters. The number of aryl methyl sites for hydroxylation is 1. The molecule has 0 amide bonds. The summed E-state index contributed by atoms with van der Waals surface area (Å²) >= 11 is 0. The van der Waals surface area contributed by atoms with E-state index in [0.29, 0.717) is 18.3 Å². The van der Waals surface area contributed by atoms with Gasteiger partial charge in [0.15, 0.2) is 5.82 Å². The molecule has 2 rings (SSSR count). The largest absolute Gasteiger partial charge is 0.334 e. The van der Waals surface area contributed by atoms with E-state index < -0.39 is 0 Å². The molecule has 84 valence electrons. The lowest BCUT2D eigenvalue weighted by atomic mass is 10.2. The Balaban J connectivity index is 2.15. The molecule has 0 fully saturated rings. The van der Waals surface area contributed by atoms with Crippen LogP contribution in [-0.4, -0.2) is 21.7 Å². The number of nitrogens with zero attached hydrogens (tertiary/aromatic N) is 3. The maximum absolute atomic E-state index is 5.15. The number of hydrogen-bond acceptors (Lipinski definition) is 5. The van der Waals surface area contributed by atoms with E-state index in [9.17, 15) is 0 Å². The van der Waals surface area contributed by atoms with Crippen molar-refractivity contribution in [3.8, 4) is 11.5 Å². The molecular formula is C11H14N4O. The first kappa shape index (κ1) is 10.8. The van der Waals surface area contributed by atoms with Crippen LogP contribution in [0.15, 0.2) is 22.9 Å². The first-order valence-corrected chi connectivity index (χ1v) is 5.26. The van der Waals surface area contributed by atoms with Gasteiger partial charge in [-0.25, -0.2) is 0 Å². The van der Waals surface area contributed by atoms with E-state index in [0.717, 1.165) is 17.8 Å². The fraction of sp³-hybridized carbons (Fsp3) is 0.364. The summed E-state index contributed by atoms with van der Waals surface area (Å²) in [7, 11) is 0. The van der Waals surface area contributed by atoms with Crippen LogP contribution >= 0.6 is 0 Å². The van der Waals surface area contributed by atoms with Gasteiger partial charge in [-0.2, -0.15) is 4.98 Å². The molecule has 0 bridgehead atoms. The Kier molecular flexibility index (Phi) is 3.26. The first-order chi connectivity index (χ1) is 7.79. The minimum atomic E-state index is 0.514. The summed E-state index contributed by atoms with van der Waals surface area (Å²) in [6.07, 6.45) is 1.74.